The summed E-state index contributed by atoms with van der Waals surface area (Å²) in [5, 5.41) is 12.2. The van der Waals surface area contributed by atoms with E-state index in [0.29, 0.717) is 11.5 Å². The fraction of sp³-hybridized carbons (Fsp3) is 0.455. The van der Waals surface area contributed by atoms with Gasteiger partial charge in [0.1, 0.15) is 22.9 Å². The first-order valence-corrected chi connectivity index (χ1v) is 7.72. The van der Waals surface area contributed by atoms with Crippen LogP contribution in [0.3, 0.4) is 0 Å². The average molecular weight is 298 g/mol. The summed E-state index contributed by atoms with van der Waals surface area (Å²) in [6, 6.07) is -0.682. The normalized spacial score (nSPS) is 12.8. The molecule has 1 atom stereocenters. The number of aromatic nitrogens is 3. The van der Waals surface area contributed by atoms with E-state index in [2.05, 4.69) is 20.3 Å². The van der Waals surface area contributed by atoms with Crippen LogP contribution in [0.25, 0.3) is 10.3 Å². The molecule has 0 fully saturated rings. The molecule has 0 saturated heterocycles. The molecule has 0 spiro atoms. The van der Waals surface area contributed by atoms with Crippen molar-refractivity contribution in [3.63, 3.8) is 0 Å². The second-order valence-corrected chi connectivity index (χ2v) is 6.32. The molecule has 0 aliphatic carbocycles. The summed E-state index contributed by atoms with van der Waals surface area (Å²) < 4.78 is 1.67. The Bertz CT molecular complexity index is 599. The van der Waals surface area contributed by atoms with Gasteiger partial charge in [0, 0.05) is 0 Å². The van der Waals surface area contributed by atoms with Crippen molar-refractivity contribution in [2.75, 3.05) is 11.6 Å². The van der Waals surface area contributed by atoms with Crippen LogP contribution in [0.2, 0.25) is 0 Å². The van der Waals surface area contributed by atoms with E-state index in [4.69, 9.17) is 0 Å². The maximum absolute atomic E-state index is 11.2. The van der Waals surface area contributed by atoms with Gasteiger partial charge >= 0.3 is 5.97 Å². The molecule has 2 aromatic heterocycles. The maximum Gasteiger partial charge on any atom is 0.326 e. The predicted octanol–water partition coefficient (Wildman–Crippen LogP) is 2.33. The first kappa shape index (κ1) is 14.0. The van der Waals surface area contributed by atoms with Gasteiger partial charge in [-0.05, 0) is 12.2 Å². The smallest absolute Gasteiger partial charge is 0.326 e. The Morgan fingerprint density at radius 2 is 2.21 bits per heavy atom. The summed E-state index contributed by atoms with van der Waals surface area (Å²) in [6.07, 6.45) is 3.33. The first-order valence-electron chi connectivity index (χ1n) is 5.67. The number of hydrogen-bond acceptors (Lipinski definition) is 7. The van der Waals surface area contributed by atoms with Gasteiger partial charge in [0.2, 0.25) is 0 Å². The van der Waals surface area contributed by atoms with Gasteiger partial charge in [-0.25, -0.2) is 19.7 Å². The lowest BCUT2D eigenvalue weighted by atomic mass is 10.1. The number of thiazole rings is 1. The highest BCUT2D eigenvalue weighted by Gasteiger charge is 2.23. The van der Waals surface area contributed by atoms with Gasteiger partial charge in [-0.15, -0.1) is 11.3 Å². The standard InChI is InChI=1S/C11H14N4O2S2/c1-5(2)6(10(16)17)14-8-7-9(13-4-12-8)15-11(18-3)19-7/h4-6H,1-3H3,(H,16,17)(H,12,13,14)/t6-/m1/s1. The summed E-state index contributed by atoms with van der Waals surface area (Å²) in [6.45, 7) is 3.70. The van der Waals surface area contributed by atoms with Crippen LogP contribution in [0.5, 0.6) is 0 Å². The van der Waals surface area contributed by atoms with E-state index in [-0.39, 0.29) is 5.92 Å². The molecule has 2 heterocycles. The fourth-order valence-electron chi connectivity index (χ4n) is 1.59. The van der Waals surface area contributed by atoms with Crippen molar-refractivity contribution < 1.29 is 9.90 Å². The molecular weight excluding hydrogens is 284 g/mol. The number of rotatable bonds is 5. The minimum Gasteiger partial charge on any atom is -0.480 e. The third kappa shape index (κ3) is 2.95. The van der Waals surface area contributed by atoms with Crippen molar-refractivity contribution in [1.82, 2.24) is 15.0 Å². The predicted molar refractivity (Wildman–Crippen MR) is 76.9 cm³/mol. The van der Waals surface area contributed by atoms with Gasteiger partial charge in [-0.1, -0.05) is 25.6 Å². The zero-order valence-electron chi connectivity index (χ0n) is 10.7. The van der Waals surface area contributed by atoms with E-state index >= 15 is 0 Å². The van der Waals surface area contributed by atoms with Crippen LogP contribution < -0.4 is 5.32 Å². The number of nitrogens with one attached hydrogen (secondary N) is 1. The third-order valence-electron chi connectivity index (χ3n) is 2.57. The quantitative estimate of drug-likeness (QED) is 0.819. The van der Waals surface area contributed by atoms with Gasteiger partial charge in [-0.2, -0.15) is 0 Å². The molecule has 19 heavy (non-hydrogen) atoms. The van der Waals surface area contributed by atoms with Gasteiger partial charge in [0.15, 0.2) is 9.99 Å². The lowest BCUT2D eigenvalue weighted by Gasteiger charge is -2.18. The van der Waals surface area contributed by atoms with E-state index < -0.39 is 12.0 Å². The van der Waals surface area contributed by atoms with E-state index in [1.165, 1.54) is 29.4 Å². The maximum atomic E-state index is 11.2. The number of thioether (sulfide) groups is 1. The number of fused-ring (bicyclic) bond motifs is 1. The molecule has 0 aliphatic rings. The van der Waals surface area contributed by atoms with Crippen LogP contribution in [0, 0.1) is 5.92 Å². The minimum absolute atomic E-state index is 0.0459. The number of carboxylic acids is 1. The van der Waals surface area contributed by atoms with Crippen LogP contribution in [-0.2, 0) is 4.79 Å². The third-order valence-corrected chi connectivity index (χ3v) is 4.61. The molecule has 8 heteroatoms. The molecule has 0 saturated carbocycles. The number of carbonyl (C=O) groups is 1. The Morgan fingerprint density at radius 1 is 1.47 bits per heavy atom. The van der Waals surface area contributed by atoms with Crippen molar-refractivity contribution in [3.8, 4) is 0 Å². The zero-order chi connectivity index (χ0) is 14.0. The van der Waals surface area contributed by atoms with Crippen LogP contribution in [0.15, 0.2) is 10.7 Å². The first-order chi connectivity index (χ1) is 9.02. The Hall–Kier alpha value is -1.41. The number of anilines is 1. The summed E-state index contributed by atoms with van der Waals surface area (Å²) in [7, 11) is 0. The lowest BCUT2D eigenvalue weighted by molar-refractivity contribution is -0.138. The lowest BCUT2D eigenvalue weighted by Crippen LogP contribution is -2.34. The van der Waals surface area contributed by atoms with Gasteiger partial charge in [0.05, 0.1) is 0 Å². The summed E-state index contributed by atoms with van der Waals surface area (Å²) >= 11 is 2.99. The van der Waals surface area contributed by atoms with Crippen molar-refractivity contribution in [2.45, 2.75) is 24.2 Å². The number of nitrogens with zero attached hydrogens (tertiary/aromatic N) is 3. The molecule has 102 valence electrons. The molecule has 2 N–H and O–H groups in total. The second kappa shape index (κ2) is 5.70. The highest BCUT2D eigenvalue weighted by atomic mass is 32.2. The Kier molecular flexibility index (Phi) is 4.20. The molecule has 0 bridgehead atoms. The number of aliphatic carboxylic acids is 1. The van der Waals surface area contributed by atoms with E-state index in [0.717, 1.165) is 9.04 Å². The van der Waals surface area contributed by atoms with E-state index in [1.807, 2.05) is 20.1 Å². The van der Waals surface area contributed by atoms with Gasteiger partial charge in [-0.3, -0.25) is 0 Å². The molecule has 6 nitrogen and oxygen atoms in total. The Labute approximate surface area is 118 Å². The van der Waals surface area contributed by atoms with Crippen LogP contribution in [0.4, 0.5) is 5.82 Å². The Balaban J connectivity index is 2.39. The van der Waals surface area contributed by atoms with Gasteiger partial charge in [0.25, 0.3) is 0 Å². The number of hydrogen-bond donors (Lipinski definition) is 2. The summed E-state index contributed by atoms with van der Waals surface area (Å²) in [4.78, 5) is 23.8. The molecule has 0 aromatic carbocycles. The van der Waals surface area contributed by atoms with Crippen molar-refractivity contribution >= 4 is 45.2 Å². The van der Waals surface area contributed by atoms with E-state index in [9.17, 15) is 9.90 Å². The SMILES string of the molecule is CSc1nc2ncnc(N[C@@H](C(=O)O)C(C)C)c2s1. The van der Waals surface area contributed by atoms with Crippen molar-refractivity contribution in [3.05, 3.63) is 6.33 Å². The van der Waals surface area contributed by atoms with Crippen molar-refractivity contribution in [2.24, 2.45) is 5.92 Å². The molecule has 0 radical (unpaired) electrons. The van der Waals surface area contributed by atoms with Gasteiger partial charge < -0.3 is 10.4 Å². The summed E-state index contributed by atoms with van der Waals surface area (Å²) in [5.74, 6) is -0.407. The van der Waals surface area contributed by atoms with Crippen molar-refractivity contribution in [1.29, 1.82) is 0 Å². The topological polar surface area (TPSA) is 88.0 Å². The fourth-order valence-corrected chi connectivity index (χ4v) is 3.05. The average Bonchev–Trinajstić information content (AvgIpc) is 2.78. The molecule has 2 rings (SSSR count). The zero-order valence-corrected chi connectivity index (χ0v) is 12.4. The highest BCUT2D eigenvalue weighted by Crippen LogP contribution is 2.31. The molecule has 2 aromatic rings. The Morgan fingerprint density at radius 3 is 2.79 bits per heavy atom. The summed E-state index contributed by atoms with van der Waals surface area (Å²) in [5.41, 5.74) is 0.597. The van der Waals surface area contributed by atoms with Crippen LogP contribution in [-0.4, -0.2) is 38.3 Å². The van der Waals surface area contributed by atoms with Crippen LogP contribution >= 0.6 is 23.1 Å². The number of carboxylic acid groups (broad SMARTS) is 1. The molecule has 0 unspecified atom stereocenters. The second-order valence-electron chi connectivity index (χ2n) is 4.26. The minimum atomic E-state index is -0.892. The molecular formula is C11H14N4O2S2. The van der Waals surface area contributed by atoms with Crippen LogP contribution in [0.1, 0.15) is 13.8 Å². The monoisotopic (exact) mass is 298 g/mol. The molecule has 0 amide bonds. The molecule has 0 aliphatic heterocycles. The largest absolute Gasteiger partial charge is 0.480 e. The highest BCUT2D eigenvalue weighted by molar-refractivity contribution is 8.00. The van der Waals surface area contributed by atoms with E-state index in [1.54, 1.807) is 0 Å².